The molecule has 55 heavy (non-hydrogen) atoms. The number of hydrogen-bond donors (Lipinski definition) is 2. The fourth-order valence-electron chi connectivity index (χ4n) is 8.17. The van der Waals surface area contributed by atoms with Gasteiger partial charge in [0.2, 0.25) is 0 Å². The van der Waals surface area contributed by atoms with Crippen molar-refractivity contribution in [2.45, 2.75) is 251 Å². The normalized spacial score (nSPS) is 12.5. The summed E-state index contributed by atoms with van der Waals surface area (Å²) in [6.45, 7) is 2.64. The minimum atomic E-state index is -0.681. The van der Waals surface area contributed by atoms with Gasteiger partial charge in [-0.1, -0.05) is 230 Å². The number of carbonyl (C=O) groups is 3. The minimum Gasteiger partial charge on any atom is -0.481 e. The van der Waals surface area contributed by atoms with Gasteiger partial charge in [-0.2, -0.15) is 0 Å². The molecule has 1 unspecified atom stereocenters. The van der Waals surface area contributed by atoms with Crippen LogP contribution in [-0.2, 0) is 25.7 Å². The van der Waals surface area contributed by atoms with Gasteiger partial charge in [-0.15, -0.1) is 0 Å². The molecule has 0 amide bonds. The molecule has 0 aliphatic carbocycles. The lowest BCUT2D eigenvalue weighted by Gasteiger charge is -2.32. The van der Waals surface area contributed by atoms with Crippen LogP contribution >= 0.6 is 0 Å². The monoisotopic (exact) mass is 771 g/mol. The summed E-state index contributed by atoms with van der Waals surface area (Å²) < 4.78 is 6.17. The Balaban J connectivity index is 2.58. The van der Waals surface area contributed by atoms with Crippen molar-refractivity contribution in [1.82, 2.24) is 0 Å². The molecule has 1 aromatic rings. The lowest BCUT2D eigenvalue weighted by Crippen LogP contribution is -2.33. The molecule has 0 aliphatic heterocycles. The number of carboxylic acid groups (broad SMARTS) is 2. The van der Waals surface area contributed by atoms with Crippen molar-refractivity contribution in [3.63, 3.8) is 0 Å². The van der Waals surface area contributed by atoms with E-state index in [4.69, 9.17) is 14.9 Å². The molecule has 2 N–H and O–H groups in total. The Morgan fingerprint density at radius 1 is 0.436 bits per heavy atom. The summed E-state index contributed by atoms with van der Waals surface area (Å²) in [7, 11) is 0. The predicted octanol–water partition coefficient (Wildman–Crippen LogP) is 15.3. The first kappa shape index (κ1) is 50.6. The van der Waals surface area contributed by atoms with E-state index in [1.807, 2.05) is 18.2 Å². The number of ether oxygens (including phenoxy) is 1. The molecule has 0 fully saturated rings. The fourth-order valence-corrected chi connectivity index (χ4v) is 8.17. The molecule has 0 aromatic heterocycles. The number of rotatable bonds is 42. The lowest BCUT2D eigenvalue weighted by atomic mass is 9.74. The zero-order valence-corrected chi connectivity index (χ0v) is 35.8. The number of esters is 1. The Labute approximate surface area is 338 Å². The van der Waals surface area contributed by atoms with Crippen LogP contribution < -0.4 is 0 Å². The molecule has 1 rings (SSSR count). The second kappa shape index (κ2) is 37.2. The molecule has 6 heteroatoms. The maximum Gasteiger partial charge on any atom is 0.312 e. The second-order valence-electron chi connectivity index (χ2n) is 16.8. The molecule has 0 spiro atoms. The van der Waals surface area contributed by atoms with Crippen LogP contribution in [0.3, 0.4) is 0 Å². The van der Waals surface area contributed by atoms with Crippen LogP contribution in [0.25, 0.3) is 0 Å². The maximum atomic E-state index is 14.2. The highest BCUT2D eigenvalue weighted by atomic mass is 16.5. The molecule has 0 bridgehead atoms. The SMILES string of the molecule is CCCCCCCCCCC(CCCCCCCCCCCCCCCC(=O)O)(CCCCCCCCCCCCCC(=O)O)C(=O)OCc1ccccc1. The first-order valence-electron chi connectivity index (χ1n) is 23.5. The Hall–Kier alpha value is -2.37. The standard InChI is InChI=1S/C49H86O6/c1-2-3-4-5-6-21-26-34-41-49(48(54)55-44-45-37-30-29-31-38-45,43-36-28-23-18-14-10-12-16-20-25-33-40-47(52)53)42-35-27-22-17-13-9-7-8-11-15-19-24-32-39-46(50)51/h29-31,37-38H,2-28,32-36,39-44H2,1H3,(H,50,51)(H,52,53). The average molecular weight is 771 g/mol. The molecule has 1 aromatic carbocycles. The number of aliphatic carboxylic acids is 2. The van der Waals surface area contributed by atoms with E-state index in [1.54, 1.807) is 0 Å². The van der Waals surface area contributed by atoms with Crippen LogP contribution in [0.2, 0.25) is 0 Å². The van der Waals surface area contributed by atoms with Crippen LogP contribution in [0.1, 0.15) is 250 Å². The van der Waals surface area contributed by atoms with Crippen LogP contribution in [-0.4, -0.2) is 28.1 Å². The third-order valence-corrected chi connectivity index (χ3v) is 11.7. The smallest absolute Gasteiger partial charge is 0.312 e. The quantitative estimate of drug-likeness (QED) is 0.0507. The van der Waals surface area contributed by atoms with E-state index in [2.05, 4.69) is 19.1 Å². The van der Waals surface area contributed by atoms with Crippen LogP contribution in [0, 0.1) is 5.41 Å². The highest BCUT2D eigenvalue weighted by Gasteiger charge is 2.38. The Bertz CT molecular complexity index is 1030. The summed E-state index contributed by atoms with van der Waals surface area (Å²) in [6, 6.07) is 10.2. The summed E-state index contributed by atoms with van der Waals surface area (Å²) >= 11 is 0. The fraction of sp³-hybridized carbons (Fsp3) is 0.816. The van der Waals surface area contributed by atoms with Crippen molar-refractivity contribution < 1.29 is 29.3 Å². The minimum absolute atomic E-state index is 0.0459. The molecule has 0 radical (unpaired) electrons. The molecule has 0 saturated heterocycles. The molecule has 6 nitrogen and oxygen atoms in total. The van der Waals surface area contributed by atoms with E-state index in [0.29, 0.717) is 19.4 Å². The van der Waals surface area contributed by atoms with Gasteiger partial charge in [-0.3, -0.25) is 14.4 Å². The Kier molecular flexibility index (Phi) is 34.3. The molecule has 0 aliphatic rings. The zero-order chi connectivity index (χ0) is 39.9. The average Bonchev–Trinajstić information content (AvgIpc) is 3.18. The second-order valence-corrected chi connectivity index (χ2v) is 16.8. The third kappa shape index (κ3) is 31.4. The highest BCUT2D eigenvalue weighted by Crippen LogP contribution is 2.39. The van der Waals surface area contributed by atoms with Crippen molar-refractivity contribution in [3.05, 3.63) is 35.9 Å². The van der Waals surface area contributed by atoms with Crippen LogP contribution in [0.4, 0.5) is 0 Å². The molecule has 1 atom stereocenters. The van der Waals surface area contributed by atoms with Crippen molar-refractivity contribution in [2.75, 3.05) is 0 Å². The van der Waals surface area contributed by atoms with Crippen molar-refractivity contribution in [3.8, 4) is 0 Å². The molecule has 318 valence electrons. The molecular formula is C49H86O6. The van der Waals surface area contributed by atoms with Gasteiger partial charge in [0.1, 0.15) is 6.61 Å². The summed E-state index contributed by atoms with van der Waals surface area (Å²) in [5.74, 6) is -1.31. The van der Waals surface area contributed by atoms with E-state index in [1.165, 1.54) is 148 Å². The predicted molar refractivity (Wildman–Crippen MR) is 230 cm³/mol. The van der Waals surface area contributed by atoms with Crippen LogP contribution in [0.5, 0.6) is 0 Å². The summed E-state index contributed by atoms with van der Waals surface area (Å²) in [6.07, 6.45) is 42.0. The first-order valence-corrected chi connectivity index (χ1v) is 23.5. The number of carbonyl (C=O) groups excluding carboxylic acids is 1. The zero-order valence-electron chi connectivity index (χ0n) is 35.8. The van der Waals surface area contributed by atoms with Gasteiger partial charge in [-0.25, -0.2) is 0 Å². The van der Waals surface area contributed by atoms with E-state index in [9.17, 15) is 14.4 Å². The van der Waals surface area contributed by atoms with Gasteiger partial charge in [0.25, 0.3) is 0 Å². The van der Waals surface area contributed by atoms with Crippen molar-refractivity contribution >= 4 is 17.9 Å². The first-order chi connectivity index (χ1) is 26.9. The van der Waals surface area contributed by atoms with Crippen LogP contribution in [0.15, 0.2) is 30.3 Å². The van der Waals surface area contributed by atoms with E-state index in [-0.39, 0.29) is 11.4 Å². The molecule has 0 saturated carbocycles. The third-order valence-electron chi connectivity index (χ3n) is 11.7. The number of benzene rings is 1. The maximum absolute atomic E-state index is 14.2. The van der Waals surface area contributed by atoms with E-state index in [0.717, 1.165) is 82.6 Å². The van der Waals surface area contributed by atoms with Gasteiger partial charge in [-0.05, 0) is 37.7 Å². The van der Waals surface area contributed by atoms with Gasteiger partial charge in [0.05, 0.1) is 5.41 Å². The van der Waals surface area contributed by atoms with Gasteiger partial charge in [0, 0.05) is 12.8 Å². The molecular weight excluding hydrogens is 685 g/mol. The number of carboxylic acids is 2. The summed E-state index contributed by atoms with van der Waals surface area (Å²) in [5.41, 5.74) is 0.693. The van der Waals surface area contributed by atoms with E-state index < -0.39 is 11.9 Å². The van der Waals surface area contributed by atoms with Crippen molar-refractivity contribution in [2.24, 2.45) is 5.41 Å². The lowest BCUT2D eigenvalue weighted by molar-refractivity contribution is -0.159. The van der Waals surface area contributed by atoms with Crippen molar-refractivity contribution in [1.29, 1.82) is 0 Å². The Morgan fingerprint density at radius 3 is 1.04 bits per heavy atom. The van der Waals surface area contributed by atoms with Gasteiger partial charge < -0.3 is 14.9 Å². The summed E-state index contributed by atoms with van der Waals surface area (Å²) in [5, 5.41) is 17.6. The number of unbranched alkanes of at least 4 members (excludes halogenated alkanes) is 29. The largest absolute Gasteiger partial charge is 0.481 e. The molecule has 0 heterocycles. The highest BCUT2D eigenvalue weighted by molar-refractivity contribution is 5.76. The van der Waals surface area contributed by atoms with E-state index >= 15 is 0 Å². The van der Waals surface area contributed by atoms with Gasteiger partial charge in [0.15, 0.2) is 0 Å². The Morgan fingerprint density at radius 2 is 0.727 bits per heavy atom. The summed E-state index contributed by atoms with van der Waals surface area (Å²) in [4.78, 5) is 35.5. The number of hydrogen-bond acceptors (Lipinski definition) is 4. The van der Waals surface area contributed by atoms with Gasteiger partial charge >= 0.3 is 17.9 Å². The topological polar surface area (TPSA) is 101 Å².